The van der Waals surface area contributed by atoms with Crippen molar-refractivity contribution in [3.05, 3.63) is 47.3 Å². The summed E-state index contributed by atoms with van der Waals surface area (Å²) >= 11 is 0. The second kappa shape index (κ2) is 4.28. The van der Waals surface area contributed by atoms with Crippen LogP contribution in [-0.2, 0) is 4.74 Å². The molecule has 0 heterocycles. The standard InChI is InChI=1S/C14H17FO/c1-11-3-5-13(6-4-11)16-14(15)9-7-12(2)8-10-14/h3,5,7-9H,4,6,10H2,1-2H3. The van der Waals surface area contributed by atoms with Crippen LogP contribution in [0.5, 0.6) is 0 Å². The van der Waals surface area contributed by atoms with Crippen molar-refractivity contribution in [2.45, 2.75) is 39.0 Å². The van der Waals surface area contributed by atoms with Gasteiger partial charge in [0.25, 0.3) is 5.85 Å². The lowest BCUT2D eigenvalue weighted by Gasteiger charge is -2.27. The Morgan fingerprint density at radius 1 is 1.25 bits per heavy atom. The topological polar surface area (TPSA) is 9.23 Å². The fourth-order valence-corrected chi connectivity index (χ4v) is 1.79. The summed E-state index contributed by atoms with van der Waals surface area (Å²) in [5, 5.41) is 0. The zero-order chi connectivity index (χ0) is 11.6. The quantitative estimate of drug-likeness (QED) is 0.677. The largest absolute Gasteiger partial charge is 0.458 e. The maximum Gasteiger partial charge on any atom is 0.270 e. The molecule has 2 aliphatic rings. The van der Waals surface area contributed by atoms with Crippen LogP contribution in [0.25, 0.3) is 0 Å². The van der Waals surface area contributed by atoms with Crippen molar-refractivity contribution in [1.29, 1.82) is 0 Å². The zero-order valence-electron chi connectivity index (χ0n) is 9.79. The lowest BCUT2D eigenvalue weighted by Crippen LogP contribution is -2.25. The smallest absolute Gasteiger partial charge is 0.270 e. The van der Waals surface area contributed by atoms with E-state index < -0.39 is 5.85 Å². The first-order chi connectivity index (χ1) is 7.57. The number of alkyl halides is 1. The highest BCUT2D eigenvalue weighted by Gasteiger charge is 2.30. The normalized spacial score (nSPS) is 29.3. The Balaban J connectivity index is 2.03. The molecule has 0 saturated heterocycles. The van der Waals surface area contributed by atoms with Gasteiger partial charge in [-0.2, -0.15) is 4.39 Å². The zero-order valence-corrected chi connectivity index (χ0v) is 9.79. The summed E-state index contributed by atoms with van der Waals surface area (Å²) in [7, 11) is 0. The third-order valence-electron chi connectivity index (χ3n) is 2.92. The van der Waals surface area contributed by atoms with Gasteiger partial charge in [-0.1, -0.05) is 29.4 Å². The Bertz CT molecular complexity index is 401. The van der Waals surface area contributed by atoms with Gasteiger partial charge in [-0.3, -0.25) is 0 Å². The summed E-state index contributed by atoms with van der Waals surface area (Å²) in [6, 6.07) is 0. The molecule has 0 fully saturated rings. The maximum absolute atomic E-state index is 14.2. The molecule has 0 bridgehead atoms. The van der Waals surface area contributed by atoms with Gasteiger partial charge >= 0.3 is 0 Å². The Hall–Kier alpha value is -1.31. The second-order valence-electron chi connectivity index (χ2n) is 4.52. The van der Waals surface area contributed by atoms with Crippen molar-refractivity contribution < 1.29 is 9.13 Å². The Kier molecular flexibility index (Phi) is 2.99. The molecule has 0 aliphatic heterocycles. The van der Waals surface area contributed by atoms with Gasteiger partial charge in [0, 0.05) is 12.8 Å². The highest BCUT2D eigenvalue weighted by molar-refractivity contribution is 5.26. The average molecular weight is 220 g/mol. The molecule has 1 atom stereocenters. The van der Waals surface area contributed by atoms with Gasteiger partial charge < -0.3 is 4.74 Å². The molecule has 2 rings (SSSR count). The van der Waals surface area contributed by atoms with E-state index >= 15 is 0 Å². The van der Waals surface area contributed by atoms with Crippen LogP contribution in [0.2, 0.25) is 0 Å². The summed E-state index contributed by atoms with van der Waals surface area (Å²) in [5.74, 6) is -0.907. The van der Waals surface area contributed by atoms with Crippen LogP contribution in [0.3, 0.4) is 0 Å². The first-order valence-corrected chi connectivity index (χ1v) is 5.68. The minimum atomic E-state index is -1.65. The van der Waals surface area contributed by atoms with Gasteiger partial charge in [0.15, 0.2) is 0 Å². The lowest BCUT2D eigenvalue weighted by atomic mass is 10.0. The third-order valence-corrected chi connectivity index (χ3v) is 2.92. The Morgan fingerprint density at radius 3 is 2.62 bits per heavy atom. The molecule has 1 unspecified atom stereocenters. The van der Waals surface area contributed by atoms with E-state index in [0.29, 0.717) is 6.42 Å². The van der Waals surface area contributed by atoms with Gasteiger partial charge in [-0.05, 0) is 32.4 Å². The number of hydrogen-bond acceptors (Lipinski definition) is 1. The molecule has 16 heavy (non-hydrogen) atoms. The SMILES string of the molecule is CC1=CCC(F)(OC2=CC=C(C)CC2)C=C1. The first kappa shape index (κ1) is 11.2. The van der Waals surface area contributed by atoms with Crippen LogP contribution in [0.4, 0.5) is 4.39 Å². The van der Waals surface area contributed by atoms with Gasteiger partial charge in [0.1, 0.15) is 5.76 Å². The fourth-order valence-electron chi connectivity index (χ4n) is 1.79. The molecule has 2 aliphatic carbocycles. The predicted octanol–water partition coefficient (Wildman–Crippen LogP) is 4.20. The predicted molar refractivity (Wildman–Crippen MR) is 63.5 cm³/mol. The lowest BCUT2D eigenvalue weighted by molar-refractivity contribution is -0.0703. The summed E-state index contributed by atoms with van der Waals surface area (Å²) in [6.45, 7) is 4.03. The highest BCUT2D eigenvalue weighted by Crippen LogP contribution is 2.31. The van der Waals surface area contributed by atoms with Crippen LogP contribution in [-0.4, -0.2) is 5.85 Å². The number of halogens is 1. The number of allylic oxidation sites excluding steroid dienone is 6. The molecule has 86 valence electrons. The molecule has 0 aromatic heterocycles. The van der Waals surface area contributed by atoms with E-state index in [9.17, 15) is 4.39 Å². The van der Waals surface area contributed by atoms with Gasteiger partial charge in [0.2, 0.25) is 0 Å². The van der Waals surface area contributed by atoms with Gasteiger partial charge in [-0.15, -0.1) is 0 Å². The number of rotatable bonds is 2. The maximum atomic E-state index is 14.2. The van der Waals surface area contributed by atoms with Crippen LogP contribution in [0.1, 0.15) is 33.1 Å². The summed E-state index contributed by atoms with van der Waals surface area (Å²) in [6.07, 6.45) is 11.1. The fraction of sp³-hybridized carbons (Fsp3) is 0.429. The minimum absolute atomic E-state index is 0.301. The van der Waals surface area contributed by atoms with E-state index in [2.05, 4.69) is 6.92 Å². The van der Waals surface area contributed by atoms with Gasteiger partial charge in [-0.25, -0.2) is 0 Å². The molecule has 0 radical (unpaired) electrons. The van der Waals surface area contributed by atoms with E-state index in [4.69, 9.17) is 4.74 Å². The number of hydrogen-bond donors (Lipinski definition) is 0. The summed E-state index contributed by atoms with van der Waals surface area (Å²) < 4.78 is 19.6. The van der Waals surface area contributed by atoms with Crippen molar-refractivity contribution in [3.8, 4) is 0 Å². The highest BCUT2D eigenvalue weighted by atomic mass is 19.2. The van der Waals surface area contributed by atoms with E-state index in [1.54, 1.807) is 6.08 Å². The van der Waals surface area contributed by atoms with Crippen LogP contribution >= 0.6 is 0 Å². The third kappa shape index (κ3) is 2.63. The number of ether oxygens (including phenoxy) is 1. The van der Waals surface area contributed by atoms with Crippen LogP contribution in [0.15, 0.2) is 47.3 Å². The van der Waals surface area contributed by atoms with E-state index in [0.717, 1.165) is 24.2 Å². The van der Waals surface area contributed by atoms with E-state index in [-0.39, 0.29) is 0 Å². The molecule has 0 aromatic rings. The summed E-state index contributed by atoms with van der Waals surface area (Å²) in [4.78, 5) is 0. The van der Waals surface area contributed by atoms with Crippen LogP contribution in [0, 0.1) is 0 Å². The molecule has 2 heteroatoms. The molecule has 0 spiro atoms. The molecular weight excluding hydrogens is 203 g/mol. The van der Waals surface area contributed by atoms with Crippen molar-refractivity contribution in [3.63, 3.8) is 0 Å². The van der Waals surface area contributed by atoms with E-state index in [1.165, 1.54) is 11.6 Å². The Labute approximate surface area is 96.0 Å². The van der Waals surface area contributed by atoms with Crippen molar-refractivity contribution in [2.75, 3.05) is 0 Å². The minimum Gasteiger partial charge on any atom is -0.458 e. The Morgan fingerprint density at radius 2 is 2.06 bits per heavy atom. The average Bonchev–Trinajstić information content (AvgIpc) is 2.27. The molecule has 0 N–H and O–H groups in total. The van der Waals surface area contributed by atoms with Gasteiger partial charge in [0.05, 0.1) is 0 Å². The van der Waals surface area contributed by atoms with E-state index in [1.807, 2.05) is 25.2 Å². The molecule has 0 aromatic carbocycles. The first-order valence-electron chi connectivity index (χ1n) is 5.68. The molecule has 1 nitrogen and oxygen atoms in total. The molecule has 0 saturated carbocycles. The van der Waals surface area contributed by atoms with Crippen molar-refractivity contribution in [1.82, 2.24) is 0 Å². The molecular formula is C14H17FO. The van der Waals surface area contributed by atoms with Crippen molar-refractivity contribution in [2.24, 2.45) is 0 Å². The molecule has 0 amide bonds. The van der Waals surface area contributed by atoms with Crippen LogP contribution < -0.4 is 0 Å². The second-order valence-corrected chi connectivity index (χ2v) is 4.52. The van der Waals surface area contributed by atoms with Crippen molar-refractivity contribution >= 4 is 0 Å². The monoisotopic (exact) mass is 220 g/mol. The summed E-state index contributed by atoms with van der Waals surface area (Å²) in [5.41, 5.74) is 2.40.